The molecule has 4 aromatic rings. The Hall–Kier alpha value is -3.75. The van der Waals surface area contributed by atoms with Crippen LogP contribution in [0.25, 0.3) is 16.8 Å². The van der Waals surface area contributed by atoms with E-state index in [9.17, 15) is 4.79 Å². The molecule has 3 aromatic heterocycles. The highest BCUT2D eigenvalue weighted by molar-refractivity contribution is 5.96. The SMILES string of the molecule is Cc1cnc(C(=O)N2CCC[C@@H](Nc3nc4ccccc4o3)[C@@H]2C)c(-n2nccn2)c1. The third-order valence-electron chi connectivity index (χ3n) is 5.69. The average molecular weight is 417 g/mol. The number of fused-ring (bicyclic) bond motifs is 1. The van der Waals surface area contributed by atoms with Crippen LogP contribution < -0.4 is 5.32 Å². The molecule has 1 fully saturated rings. The molecule has 1 N–H and O–H groups in total. The second kappa shape index (κ2) is 7.82. The van der Waals surface area contributed by atoms with Crippen LogP contribution in [0.3, 0.4) is 0 Å². The van der Waals surface area contributed by atoms with E-state index in [0.717, 1.165) is 29.5 Å². The van der Waals surface area contributed by atoms with E-state index in [-0.39, 0.29) is 18.0 Å². The second-order valence-electron chi connectivity index (χ2n) is 7.82. The lowest BCUT2D eigenvalue weighted by Gasteiger charge is -2.39. The number of carbonyl (C=O) groups is 1. The minimum atomic E-state index is -0.135. The summed E-state index contributed by atoms with van der Waals surface area (Å²) in [4.78, 5) is 25.8. The number of aromatic nitrogens is 5. The number of nitrogens with one attached hydrogen (secondary N) is 1. The van der Waals surface area contributed by atoms with Crippen molar-refractivity contribution in [3.8, 4) is 5.69 Å². The monoisotopic (exact) mass is 417 g/mol. The minimum Gasteiger partial charge on any atom is -0.424 e. The summed E-state index contributed by atoms with van der Waals surface area (Å²) in [5.74, 6) is -0.135. The molecule has 31 heavy (non-hydrogen) atoms. The summed E-state index contributed by atoms with van der Waals surface area (Å²) in [6, 6.07) is 9.95. The molecule has 2 atom stereocenters. The topological polar surface area (TPSA) is 102 Å². The van der Waals surface area contributed by atoms with Crippen molar-refractivity contribution >= 4 is 23.0 Å². The van der Waals surface area contributed by atoms with Crippen molar-refractivity contribution in [1.29, 1.82) is 0 Å². The molecule has 9 nitrogen and oxygen atoms in total. The normalized spacial score (nSPS) is 19.0. The summed E-state index contributed by atoms with van der Waals surface area (Å²) in [6.07, 6.45) is 6.65. The molecule has 9 heteroatoms. The van der Waals surface area contributed by atoms with Crippen molar-refractivity contribution in [2.24, 2.45) is 0 Å². The number of pyridine rings is 1. The third-order valence-corrected chi connectivity index (χ3v) is 5.69. The summed E-state index contributed by atoms with van der Waals surface area (Å²) in [5.41, 5.74) is 3.40. The highest BCUT2D eigenvalue weighted by atomic mass is 16.4. The summed E-state index contributed by atoms with van der Waals surface area (Å²) in [6.45, 7) is 4.63. The first-order chi connectivity index (χ1) is 15.1. The molecule has 1 saturated heterocycles. The first-order valence-corrected chi connectivity index (χ1v) is 10.4. The van der Waals surface area contributed by atoms with E-state index >= 15 is 0 Å². The molecule has 0 unspecified atom stereocenters. The molecular weight excluding hydrogens is 394 g/mol. The molecule has 5 rings (SSSR count). The molecule has 1 aliphatic heterocycles. The van der Waals surface area contributed by atoms with Gasteiger partial charge in [0.25, 0.3) is 11.9 Å². The van der Waals surface area contributed by atoms with Crippen LogP contribution in [0.5, 0.6) is 0 Å². The molecule has 158 valence electrons. The smallest absolute Gasteiger partial charge is 0.295 e. The Morgan fingerprint density at radius 1 is 1.23 bits per heavy atom. The van der Waals surface area contributed by atoms with Gasteiger partial charge in [0, 0.05) is 18.8 Å². The minimum absolute atomic E-state index is 0.0162. The van der Waals surface area contributed by atoms with Gasteiger partial charge in [-0.05, 0) is 50.5 Å². The maximum atomic E-state index is 13.5. The van der Waals surface area contributed by atoms with Crippen molar-refractivity contribution in [3.63, 3.8) is 0 Å². The number of amides is 1. The maximum Gasteiger partial charge on any atom is 0.295 e. The van der Waals surface area contributed by atoms with Crippen molar-refractivity contribution in [1.82, 2.24) is 29.9 Å². The number of hydrogen-bond donors (Lipinski definition) is 1. The van der Waals surface area contributed by atoms with E-state index < -0.39 is 0 Å². The number of benzene rings is 1. The van der Waals surface area contributed by atoms with Gasteiger partial charge in [-0.25, -0.2) is 4.98 Å². The summed E-state index contributed by atoms with van der Waals surface area (Å²) >= 11 is 0. The Bertz CT molecular complexity index is 1180. The quantitative estimate of drug-likeness (QED) is 0.544. The van der Waals surface area contributed by atoms with Gasteiger partial charge in [-0.3, -0.25) is 4.79 Å². The molecule has 1 aromatic carbocycles. The highest BCUT2D eigenvalue weighted by Crippen LogP contribution is 2.26. The van der Waals surface area contributed by atoms with Gasteiger partial charge in [-0.1, -0.05) is 12.1 Å². The Balaban J connectivity index is 1.40. The first-order valence-electron chi connectivity index (χ1n) is 10.4. The molecule has 1 amide bonds. The van der Waals surface area contributed by atoms with E-state index in [1.807, 2.05) is 49.1 Å². The largest absolute Gasteiger partial charge is 0.424 e. The van der Waals surface area contributed by atoms with Gasteiger partial charge < -0.3 is 14.6 Å². The zero-order valence-corrected chi connectivity index (χ0v) is 17.4. The van der Waals surface area contributed by atoms with Gasteiger partial charge in [0.15, 0.2) is 11.3 Å². The van der Waals surface area contributed by atoms with Crippen molar-refractivity contribution in [2.45, 2.75) is 38.8 Å². The van der Waals surface area contributed by atoms with Crippen LogP contribution in [0.1, 0.15) is 35.8 Å². The van der Waals surface area contributed by atoms with Gasteiger partial charge in [0.2, 0.25) is 0 Å². The van der Waals surface area contributed by atoms with Crippen LogP contribution in [0.15, 0.2) is 53.3 Å². The third kappa shape index (κ3) is 3.63. The lowest BCUT2D eigenvalue weighted by Crippen LogP contribution is -2.52. The van der Waals surface area contributed by atoms with E-state index in [1.165, 1.54) is 4.80 Å². The standard InChI is InChI=1S/C22H23N7O2/c1-14-12-18(29-24-9-10-25-29)20(23-13-14)21(30)28-11-5-7-16(15(28)2)26-22-27-17-6-3-4-8-19(17)31-22/h3-4,6,8-10,12-13,15-16H,5,7,11H2,1-2H3,(H,26,27)/t15-,16+/m0/s1. The zero-order valence-electron chi connectivity index (χ0n) is 17.4. The molecule has 1 aliphatic rings. The van der Waals surface area contributed by atoms with Crippen LogP contribution in [0.2, 0.25) is 0 Å². The van der Waals surface area contributed by atoms with E-state index in [2.05, 4.69) is 25.5 Å². The molecule has 0 spiro atoms. The van der Waals surface area contributed by atoms with Crippen LogP contribution in [-0.2, 0) is 0 Å². The Kier molecular flexibility index (Phi) is 4.85. The number of aryl methyl sites for hydroxylation is 1. The van der Waals surface area contributed by atoms with Gasteiger partial charge in [-0.2, -0.15) is 15.2 Å². The number of rotatable bonds is 4. The highest BCUT2D eigenvalue weighted by Gasteiger charge is 2.34. The van der Waals surface area contributed by atoms with Crippen molar-refractivity contribution in [2.75, 3.05) is 11.9 Å². The number of hydrogen-bond acceptors (Lipinski definition) is 7. The predicted octanol–water partition coefficient (Wildman–Crippen LogP) is 3.22. The van der Waals surface area contributed by atoms with Crippen LogP contribution in [-0.4, -0.2) is 54.4 Å². The van der Waals surface area contributed by atoms with Gasteiger partial charge in [-0.15, -0.1) is 4.80 Å². The van der Waals surface area contributed by atoms with Crippen LogP contribution in [0, 0.1) is 6.92 Å². The summed E-state index contributed by atoms with van der Waals surface area (Å²) in [5, 5.41) is 11.8. The van der Waals surface area contributed by atoms with Crippen molar-refractivity contribution < 1.29 is 9.21 Å². The number of para-hydroxylation sites is 2. The van der Waals surface area contributed by atoms with Crippen LogP contribution >= 0.6 is 0 Å². The number of piperidine rings is 1. The van der Waals surface area contributed by atoms with E-state index in [1.54, 1.807) is 18.6 Å². The number of carbonyl (C=O) groups excluding carboxylic acids is 1. The lowest BCUT2D eigenvalue weighted by atomic mass is 9.97. The molecular formula is C22H23N7O2. The zero-order chi connectivity index (χ0) is 21.4. The Labute approximate surface area is 179 Å². The summed E-state index contributed by atoms with van der Waals surface area (Å²) < 4.78 is 5.82. The molecule has 0 aliphatic carbocycles. The van der Waals surface area contributed by atoms with Crippen molar-refractivity contribution in [3.05, 3.63) is 60.2 Å². The van der Waals surface area contributed by atoms with E-state index in [4.69, 9.17) is 4.42 Å². The fourth-order valence-corrected chi connectivity index (χ4v) is 4.06. The number of nitrogens with zero attached hydrogens (tertiary/aromatic N) is 6. The Morgan fingerprint density at radius 3 is 2.84 bits per heavy atom. The molecule has 0 bridgehead atoms. The fraction of sp³-hybridized carbons (Fsp3) is 0.318. The lowest BCUT2D eigenvalue weighted by molar-refractivity contribution is 0.0609. The number of likely N-dealkylation sites (tertiary alicyclic amines) is 1. The molecule has 4 heterocycles. The Morgan fingerprint density at radius 2 is 2.03 bits per heavy atom. The molecule has 0 saturated carbocycles. The van der Waals surface area contributed by atoms with Gasteiger partial charge in [0.05, 0.1) is 18.4 Å². The second-order valence-corrected chi connectivity index (χ2v) is 7.82. The van der Waals surface area contributed by atoms with Gasteiger partial charge >= 0.3 is 0 Å². The summed E-state index contributed by atoms with van der Waals surface area (Å²) in [7, 11) is 0. The van der Waals surface area contributed by atoms with Gasteiger partial charge in [0.1, 0.15) is 11.2 Å². The number of anilines is 1. The first kappa shape index (κ1) is 19.2. The van der Waals surface area contributed by atoms with E-state index in [0.29, 0.717) is 23.9 Å². The molecule has 0 radical (unpaired) electrons. The fourth-order valence-electron chi connectivity index (χ4n) is 4.06. The van der Waals surface area contributed by atoms with Crippen LogP contribution in [0.4, 0.5) is 6.01 Å². The average Bonchev–Trinajstić information content (AvgIpc) is 3.44. The predicted molar refractivity (Wildman–Crippen MR) is 115 cm³/mol. The maximum absolute atomic E-state index is 13.5. The number of oxazole rings is 1.